The third kappa shape index (κ3) is 27.7. The summed E-state index contributed by atoms with van der Waals surface area (Å²) in [6, 6.07) is 77.6. The van der Waals surface area contributed by atoms with Gasteiger partial charge in [0.05, 0.1) is 52.7 Å². The normalized spacial score (nSPS) is 12.1. The number of para-hydroxylation sites is 1. The SMILES string of the molecule is CCCCCCCCCCCC(=O)OCCN1CCOCC1.O=C(O)c1ccccc1[O-].O=C(OCC[N-]S(=O)(=O)C(F)(F)F)c1ccccc1.c1ccc([S+](c2ccccc2)c2ccccc2)cc1.c1ccc([S+](c2ccccc2)c2ccccc2)cc1. The summed E-state index contributed by atoms with van der Waals surface area (Å²) in [7, 11) is -5.56. The maximum atomic E-state index is 11.9. The van der Waals surface area contributed by atoms with E-state index >= 15 is 0 Å². The Morgan fingerprint density at radius 2 is 0.888 bits per heavy atom. The Morgan fingerprint density at radius 1 is 0.528 bits per heavy atom. The molecule has 0 saturated carbocycles. The highest BCUT2D eigenvalue weighted by molar-refractivity contribution is 7.97. The highest BCUT2D eigenvalue weighted by Gasteiger charge is 2.38. The number of esters is 2. The van der Waals surface area contributed by atoms with Gasteiger partial charge >= 0.3 is 23.4 Å². The summed E-state index contributed by atoms with van der Waals surface area (Å²) in [5.41, 5.74) is -5.40. The number of nitrogens with zero attached hydrogens (tertiary/aromatic N) is 2. The number of alkyl halides is 3. The quantitative estimate of drug-likeness (QED) is 0.0328. The summed E-state index contributed by atoms with van der Waals surface area (Å²) < 4.78 is 74.4. The molecule has 9 rings (SSSR count). The molecule has 1 heterocycles. The van der Waals surface area contributed by atoms with Crippen LogP contribution in [0, 0.1) is 0 Å². The fourth-order valence-corrected chi connectivity index (χ4v) is 13.3. The first-order valence-corrected chi connectivity index (χ1v) is 33.5. The zero-order chi connectivity index (χ0) is 63.8. The van der Waals surface area contributed by atoms with Gasteiger partial charge < -0.3 is 29.1 Å². The van der Waals surface area contributed by atoms with E-state index < -0.39 is 46.4 Å². The standard InChI is InChI=1S/C18H35NO3.2C18H15S.C10H9F3NO4S.C7H6O3/c1-2-3-4-5-6-7-8-9-10-11-18(20)22-17-14-19-12-15-21-16-13-19;2*1-4-10-16(11-5-1)19(17-12-6-2-7-13-17)18-14-8-3-9-15-18;11-10(12,13)19(16,17)14-6-7-18-9(15)8-4-2-1-3-5-8;8-6-4-2-1-3-5(6)7(9)10/h2-17H2,1H3;2*1-15H;1-5H,6-7H2;1-4,8H,(H,9,10)/q;2*+1;-1;/p-1. The van der Waals surface area contributed by atoms with E-state index in [0.717, 1.165) is 45.7 Å². The van der Waals surface area contributed by atoms with Crippen LogP contribution in [-0.4, -0.2) is 94.4 Å². The fraction of sp³-hybridized carbons (Fsp3) is 0.282. The number of sulfonamides is 1. The smallest absolute Gasteiger partial charge is 0.480 e. The van der Waals surface area contributed by atoms with Gasteiger partial charge in [-0.15, -0.1) is 6.54 Å². The summed E-state index contributed by atoms with van der Waals surface area (Å²) in [4.78, 5) is 43.6. The molecule has 0 aliphatic carbocycles. The molecule has 1 saturated heterocycles. The van der Waals surface area contributed by atoms with Gasteiger partial charge in [0.15, 0.2) is 39.4 Å². The molecule has 0 unspecified atom stereocenters. The van der Waals surface area contributed by atoms with Gasteiger partial charge in [-0.3, -0.25) is 9.69 Å². The highest BCUT2D eigenvalue weighted by atomic mass is 32.2. The van der Waals surface area contributed by atoms with Crippen molar-refractivity contribution in [2.45, 2.75) is 106 Å². The number of hydrogen-bond donors (Lipinski definition) is 1. The first kappa shape index (κ1) is 72.0. The Hall–Kier alpha value is -7.71. The van der Waals surface area contributed by atoms with Crippen LogP contribution < -0.4 is 5.11 Å². The van der Waals surface area contributed by atoms with Gasteiger partial charge in [0.1, 0.15) is 6.61 Å². The van der Waals surface area contributed by atoms with Crippen molar-refractivity contribution in [1.29, 1.82) is 0 Å². The molecule has 1 aliphatic rings. The number of carboxylic acids is 1. The lowest BCUT2D eigenvalue weighted by molar-refractivity contribution is -0.268. The molecule has 89 heavy (non-hydrogen) atoms. The number of ether oxygens (including phenoxy) is 3. The second-order valence-electron chi connectivity index (χ2n) is 19.8. The maximum Gasteiger partial charge on any atom is 0.480 e. The molecule has 8 aromatic rings. The van der Waals surface area contributed by atoms with E-state index in [2.05, 4.69) is 203 Å². The van der Waals surface area contributed by atoms with Crippen LogP contribution in [0.4, 0.5) is 13.2 Å². The molecule has 0 bridgehead atoms. The monoisotopic (exact) mass is 1270 g/mol. The van der Waals surface area contributed by atoms with Crippen LogP contribution in [-0.2, 0) is 50.8 Å². The van der Waals surface area contributed by atoms with E-state index in [9.17, 15) is 41.1 Å². The summed E-state index contributed by atoms with van der Waals surface area (Å²) in [6.45, 7) is 5.79. The van der Waals surface area contributed by atoms with Crippen LogP contribution in [0.15, 0.2) is 266 Å². The zero-order valence-corrected chi connectivity index (χ0v) is 52.6. The van der Waals surface area contributed by atoms with Crippen molar-refractivity contribution in [2.24, 2.45) is 0 Å². The van der Waals surface area contributed by atoms with Gasteiger partial charge in [-0.25, -0.2) is 18.0 Å². The molecule has 8 aromatic carbocycles. The average molecular weight is 1270 g/mol. The largest absolute Gasteiger partial charge is 0.872 e. The van der Waals surface area contributed by atoms with E-state index in [1.807, 2.05) is 0 Å². The number of carbonyl (C=O) groups excluding carboxylic acids is 2. The summed E-state index contributed by atoms with van der Waals surface area (Å²) in [5, 5.41) is 19.0. The van der Waals surface area contributed by atoms with Crippen molar-refractivity contribution in [1.82, 2.24) is 4.90 Å². The molecule has 1 aliphatic heterocycles. The predicted molar refractivity (Wildman–Crippen MR) is 346 cm³/mol. The fourth-order valence-electron chi connectivity index (χ4n) is 8.59. The van der Waals surface area contributed by atoms with Gasteiger partial charge in [-0.1, -0.05) is 210 Å². The van der Waals surface area contributed by atoms with Crippen molar-refractivity contribution >= 4 is 49.7 Å². The number of rotatable bonds is 25. The van der Waals surface area contributed by atoms with Crippen LogP contribution in [0.25, 0.3) is 4.72 Å². The van der Waals surface area contributed by atoms with Gasteiger partial charge in [0.2, 0.25) is 0 Å². The van der Waals surface area contributed by atoms with E-state index in [-0.39, 0.29) is 38.9 Å². The molecule has 0 spiro atoms. The molecule has 18 heteroatoms. The van der Waals surface area contributed by atoms with E-state index in [4.69, 9.17) is 14.6 Å². The number of benzene rings is 8. The van der Waals surface area contributed by atoms with E-state index in [1.165, 1.54) is 111 Å². The van der Waals surface area contributed by atoms with Crippen LogP contribution in [0.5, 0.6) is 5.75 Å². The molecular formula is C71H79F3N2O10S3. The van der Waals surface area contributed by atoms with Gasteiger partial charge in [-0.2, -0.15) is 13.2 Å². The Labute approximate surface area is 528 Å². The number of unbranched alkanes of at least 4 members (excludes halogenated alkanes) is 8. The van der Waals surface area contributed by atoms with Crippen molar-refractivity contribution < 1.29 is 60.4 Å². The lowest BCUT2D eigenvalue weighted by Crippen LogP contribution is -2.38. The number of halogens is 3. The molecule has 1 fully saturated rings. The Bertz CT molecular complexity index is 3000. The minimum absolute atomic E-state index is 0.0146. The molecular weight excluding hydrogens is 1190 g/mol. The van der Waals surface area contributed by atoms with Gasteiger partial charge in [-0.05, 0) is 97.4 Å². The average Bonchev–Trinajstić information content (AvgIpc) is 3.26. The zero-order valence-electron chi connectivity index (χ0n) is 50.1. The molecule has 1 N–H and O–H groups in total. The second-order valence-corrected chi connectivity index (χ2v) is 25.5. The number of carbonyl (C=O) groups is 3. The van der Waals surface area contributed by atoms with Crippen molar-refractivity contribution in [3.63, 3.8) is 0 Å². The second kappa shape index (κ2) is 41.5. The highest BCUT2D eigenvalue weighted by Crippen LogP contribution is 2.32. The molecule has 0 amide bonds. The van der Waals surface area contributed by atoms with Crippen LogP contribution >= 0.6 is 0 Å². The lowest BCUT2D eigenvalue weighted by atomic mass is 10.1. The number of aromatic carboxylic acids is 1. The molecule has 472 valence electrons. The minimum Gasteiger partial charge on any atom is -0.872 e. The Balaban J connectivity index is 0.000000206. The third-order valence-electron chi connectivity index (χ3n) is 13.1. The molecule has 0 atom stereocenters. The Morgan fingerprint density at radius 3 is 1.25 bits per heavy atom. The number of hydrogen-bond acceptors (Lipinski definition) is 10. The van der Waals surface area contributed by atoms with Crippen LogP contribution in [0.2, 0.25) is 0 Å². The van der Waals surface area contributed by atoms with Crippen LogP contribution in [0.3, 0.4) is 0 Å². The van der Waals surface area contributed by atoms with E-state index in [0.29, 0.717) is 13.0 Å². The predicted octanol–water partition coefficient (Wildman–Crippen LogP) is 15.9. The molecule has 0 aromatic heterocycles. The van der Waals surface area contributed by atoms with Crippen molar-refractivity contribution in [3.05, 3.63) is 252 Å². The van der Waals surface area contributed by atoms with E-state index in [1.54, 1.807) is 18.2 Å². The van der Waals surface area contributed by atoms with Gasteiger partial charge in [0, 0.05) is 26.1 Å². The minimum atomic E-state index is -5.53. The number of morpholine rings is 1. The third-order valence-corrected chi connectivity index (χ3v) is 18.7. The van der Waals surface area contributed by atoms with Crippen molar-refractivity contribution in [2.75, 3.05) is 52.6 Å². The van der Waals surface area contributed by atoms with Crippen molar-refractivity contribution in [3.8, 4) is 5.75 Å². The summed E-state index contributed by atoms with van der Waals surface area (Å²) >= 11 is 0. The lowest BCUT2D eigenvalue weighted by Gasteiger charge is -2.26. The first-order valence-electron chi connectivity index (χ1n) is 29.6. The topological polar surface area (TPSA) is 174 Å². The first-order chi connectivity index (χ1) is 43.2. The van der Waals surface area contributed by atoms with Gasteiger partial charge in [0.25, 0.3) is 0 Å². The molecule has 12 nitrogen and oxygen atoms in total. The molecule has 0 radical (unpaired) electrons. The number of carboxylic acid groups (broad SMARTS) is 1. The van der Waals surface area contributed by atoms with Crippen LogP contribution in [0.1, 0.15) is 91.8 Å². The summed E-state index contributed by atoms with van der Waals surface area (Å²) in [5.74, 6) is -2.42. The summed E-state index contributed by atoms with van der Waals surface area (Å²) in [6.07, 6.45) is 12.1. The Kier molecular flexibility index (Phi) is 33.6. The maximum absolute atomic E-state index is 11.9.